The molecule has 0 spiro atoms. The Balaban J connectivity index is 2.02. The number of urea groups is 1. The Kier molecular flexibility index (Phi) is 3.47. The standard InChI is InChI=1S/C12H20N2O4/c1-8-7-18-6-5-14(8)11(17)13-12(2,10(15)16)9-3-4-9/h8-9H,3-7H2,1-2H3,(H,13,17)(H,15,16). The Labute approximate surface area is 106 Å². The lowest BCUT2D eigenvalue weighted by molar-refractivity contribution is -0.144. The second-order valence-corrected chi connectivity index (χ2v) is 5.33. The van der Waals surface area contributed by atoms with E-state index in [1.54, 1.807) is 11.8 Å². The number of ether oxygens (including phenoxy) is 1. The summed E-state index contributed by atoms with van der Waals surface area (Å²) in [5.74, 6) is -0.908. The van der Waals surface area contributed by atoms with E-state index in [-0.39, 0.29) is 18.0 Å². The molecule has 0 aromatic heterocycles. The number of aliphatic carboxylic acids is 1. The number of carbonyl (C=O) groups excluding carboxylic acids is 1. The minimum Gasteiger partial charge on any atom is -0.480 e. The average Bonchev–Trinajstić information content (AvgIpc) is 3.13. The molecule has 6 heteroatoms. The molecule has 0 radical (unpaired) electrons. The summed E-state index contributed by atoms with van der Waals surface area (Å²) in [6, 6.07) is -0.321. The Morgan fingerprint density at radius 3 is 2.61 bits per heavy atom. The van der Waals surface area contributed by atoms with Crippen LogP contribution in [0.25, 0.3) is 0 Å². The van der Waals surface area contributed by atoms with Gasteiger partial charge in [-0.2, -0.15) is 0 Å². The zero-order valence-corrected chi connectivity index (χ0v) is 10.8. The lowest BCUT2D eigenvalue weighted by atomic mass is 9.96. The van der Waals surface area contributed by atoms with Crippen molar-refractivity contribution in [2.45, 2.75) is 38.3 Å². The maximum absolute atomic E-state index is 12.2. The van der Waals surface area contributed by atoms with Gasteiger partial charge in [-0.1, -0.05) is 0 Å². The number of amides is 2. The first-order valence-corrected chi connectivity index (χ1v) is 6.35. The summed E-state index contributed by atoms with van der Waals surface area (Å²) in [6.07, 6.45) is 1.73. The zero-order valence-electron chi connectivity index (χ0n) is 10.8. The number of carbonyl (C=O) groups is 2. The molecule has 0 bridgehead atoms. The van der Waals surface area contributed by atoms with Crippen molar-refractivity contribution in [3.63, 3.8) is 0 Å². The van der Waals surface area contributed by atoms with Crippen molar-refractivity contribution >= 4 is 12.0 Å². The van der Waals surface area contributed by atoms with E-state index in [2.05, 4.69) is 5.32 Å². The minimum absolute atomic E-state index is 0.0176. The van der Waals surface area contributed by atoms with Crippen molar-refractivity contribution in [1.82, 2.24) is 10.2 Å². The van der Waals surface area contributed by atoms with Crippen LogP contribution in [-0.2, 0) is 9.53 Å². The number of hydrogen-bond acceptors (Lipinski definition) is 3. The van der Waals surface area contributed by atoms with Crippen LogP contribution in [0.4, 0.5) is 4.79 Å². The van der Waals surface area contributed by atoms with Crippen molar-refractivity contribution in [2.24, 2.45) is 5.92 Å². The van der Waals surface area contributed by atoms with Gasteiger partial charge in [0.05, 0.1) is 19.3 Å². The molecular formula is C12H20N2O4. The van der Waals surface area contributed by atoms with Gasteiger partial charge in [0.25, 0.3) is 0 Å². The Hall–Kier alpha value is -1.30. The molecule has 2 fully saturated rings. The van der Waals surface area contributed by atoms with Crippen LogP contribution in [0.15, 0.2) is 0 Å². The number of rotatable bonds is 3. The average molecular weight is 256 g/mol. The number of morpholine rings is 1. The van der Waals surface area contributed by atoms with Gasteiger partial charge in [0.15, 0.2) is 0 Å². The molecule has 102 valence electrons. The van der Waals surface area contributed by atoms with Crippen molar-refractivity contribution in [3.05, 3.63) is 0 Å². The molecule has 2 aliphatic rings. The van der Waals surface area contributed by atoms with Crippen LogP contribution in [0.1, 0.15) is 26.7 Å². The van der Waals surface area contributed by atoms with Gasteiger partial charge in [0, 0.05) is 6.54 Å². The maximum Gasteiger partial charge on any atom is 0.329 e. The van der Waals surface area contributed by atoms with Gasteiger partial charge >= 0.3 is 12.0 Å². The number of hydrogen-bond donors (Lipinski definition) is 2. The van der Waals surface area contributed by atoms with Crippen LogP contribution >= 0.6 is 0 Å². The zero-order chi connectivity index (χ0) is 13.3. The van der Waals surface area contributed by atoms with E-state index in [1.165, 1.54) is 0 Å². The fourth-order valence-corrected chi connectivity index (χ4v) is 2.31. The smallest absolute Gasteiger partial charge is 0.329 e. The number of carboxylic acids is 1. The molecule has 1 aliphatic heterocycles. The maximum atomic E-state index is 12.2. The third-order valence-electron chi connectivity index (χ3n) is 3.83. The molecule has 2 atom stereocenters. The largest absolute Gasteiger partial charge is 0.480 e. The van der Waals surface area contributed by atoms with Crippen LogP contribution in [0, 0.1) is 5.92 Å². The van der Waals surface area contributed by atoms with Crippen LogP contribution < -0.4 is 5.32 Å². The van der Waals surface area contributed by atoms with E-state index < -0.39 is 11.5 Å². The fraction of sp³-hybridized carbons (Fsp3) is 0.833. The molecule has 0 aromatic carbocycles. The van der Waals surface area contributed by atoms with Gasteiger partial charge in [0.2, 0.25) is 0 Å². The SMILES string of the molecule is CC1COCCN1C(=O)NC(C)(C(=O)O)C1CC1. The lowest BCUT2D eigenvalue weighted by Gasteiger charge is -2.36. The Morgan fingerprint density at radius 1 is 1.44 bits per heavy atom. The van der Waals surface area contributed by atoms with Gasteiger partial charge in [-0.15, -0.1) is 0 Å². The molecule has 2 N–H and O–H groups in total. The van der Waals surface area contributed by atoms with E-state index in [0.717, 1.165) is 12.8 Å². The van der Waals surface area contributed by atoms with Gasteiger partial charge in [0.1, 0.15) is 5.54 Å². The second kappa shape index (κ2) is 4.76. The first-order chi connectivity index (χ1) is 8.45. The monoisotopic (exact) mass is 256 g/mol. The summed E-state index contributed by atoms with van der Waals surface area (Å²) in [5.41, 5.74) is -1.14. The summed E-state index contributed by atoms with van der Waals surface area (Å²) in [6.45, 7) is 5.00. The molecule has 18 heavy (non-hydrogen) atoms. The molecule has 2 rings (SSSR count). The molecule has 1 saturated heterocycles. The fourth-order valence-electron chi connectivity index (χ4n) is 2.31. The van der Waals surface area contributed by atoms with Crippen molar-refractivity contribution < 1.29 is 19.4 Å². The molecule has 0 aromatic rings. The Bertz CT molecular complexity index is 356. The van der Waals surface area contributed by atoms with Crippen LogP contribution in [0.3, 0.4) is 0 Å². The van der Waals surface area contributed by atoms with E-state index in [4.69, 9.17) is 4.74 Å². The minimum atomic E-state index is -1.14. The van der Waals surface area contributed by atoms with Crippen molar-refractivity contribution in [3.8, 4) is 0 Å². The van der Waals surface area contributed by atoms with E-state index in [0.29, 0.717) is 19.8 Å². The molecule has 6 nitrogen and oxygen atoms in total. The molecule has 2 unspecified atom stereocenters. The third-order valence-corrected chi connectivity index (χ3v) is 3.83. The van der Waals surface area contributed by atoms with Gasteiger partial charge in [-0.25, -0.2) is 9.59 Å². The Morgan fingerprint density at radius 2 is 2.11 bits per heavy atom. The third kappa shape index (κ3) is 2.43. The molecule has 1 aliphatic carbocycles. The van der Waals surface area contributed by atoms with Crippen molar-refractivity contribution in [2.75, 3.05) is 19.8 Å². The van der Waals surface area contributed by atoms with Gasteiger partial charge in [-0.3, -0.25) is 0 Å². The summed E-state index contributed by atoms with van der Waals surface area (Å²) in [5, 5.41) is 12.0. The van der Waals surface area contributed by atoms with Crippen LogP contribution in [0.5, 0.6) is 0 Å². The highest BCUT2D eigenvalue weighted by Crippen LogP contribution is 2.39. The molecule has 1 heterocycles. The van der Waals surface area contributed by atoms with Crippen LogP contribution in [-0.4, -0.2) is 53.3 Å². The topological polar surface area (TPSA) is 78.9 Å². The lowest BCUT2D eigenvalue weighted by Crippen LogP contribution is -2.60. The summed E-state index contributed by atoms with van der Waals surface area (Å²) >= 11 is 0. The first kappa shape index (κ1) is 13.1. The summed E-state index contributed by atoms with van der Waals surface area (Å²) in [4.78, 5) is 25.1. The van der Waals surface area contributed by atoms with Crippen molar-refractivity contribution in [1.29, 1.82) is 0 Å². The highest BCUT2D eigenvalue weighted by molar-refractivity contribution is 5.86. The number of nitrogens with zero attached hydrogens (tertiary/aromatic N) is 1. The quantitative estimate of drug-likeness (QED) is 0.778. The van der Waals surface area contributed by atoms with Gasteiger partial charge in [-0.05, 0) is 32.6 Å². The van der Waals surface area contributed by atoms with E-state index in [1.807, 2.05) is 6.92 Å². The van der Waals surface area contributed by atoms with Gasteiger partial charge < -0.3 is 20.1 Å². The van der Waals surface area contributed by atoms with E-state index >= 15 is 0 Å². The highest BCUT2D eigenvalue weighted by Gasteiger charge is 2.49. The molecular weight excluding hydrogens is 236 g/mol. The molecule has 1 saturated carbocycles. The summed E-state index contributed by atoms with van der Waals surface area (Å²) < 4.78 is 5.26. The number of carboxylic acid groups (broad SMARTS) is 1. The van der Waals surface area contributed by atoms with E-state index in [9.17, 15) is 14.7 Å². The summed E-state index contributed by atoms with van der Waals surface area (Å²) in [7, 11) is 0. The number of nitrogens with one attached hydrogen (secondary N) is 1. The molecule has 2 amide bonds. The normalized spacial score (nSPS) is 27.4. The highest BCUT2D eigenvalue weighted by atomic mass is 16.5. The second-order valence-electron chi connectivity index (χ2n) is 5.33. The predicted molar refractivity (Wildman–Crippen MR) is 64.3 cm³/mol. The first-order valence-electron chi connectivity index (χ1n) is 6.35. The predicted octanol–water partition coefficient (Wildman–Crippen LogP) is 0.670. The van der Waals surface area contributed by atoms with Crippen LogP contribution in [0.2, 0.25) is 0 Å².